The first-order valence-corrected chi connectivity index (χ1v) is 33.1. The molecule has 12 N–H and O–H groups in total. The molecular weight excluding hydrogens is 1070 g/mol. The fourth-order valence-electron chi connectivity index (χ4n) is 11.3. The Morgan fingerprint density at radius 3 is 1.17 bits per heavy atom. The second-order valence-corrected chi connectivity index (χ2v) is 23.9. The van der Waals surface area contributed by atoms with E-state index < -0.39 is 124 Å². The van der Waals surface area contributed by atoms with Crippen molar-refractivity contribution in [1.82, 2.24) is 5.32 Å². The lowest BCUT2D eigenvalue weighted by Gasteiger charge is -2.48. The van der Waals surface area contributed by atoms with Crippen molar-refractivity contribution in [3.8, 4) is 0 Å². The van der Waals surface area contributed by atoms with Crippen LogP contribution in [0.25, 0.3) is 0 Å². The van der Waals surface area contributed by atoms with E-state index in [1.54, 1.807) is 6.08 Å². The Morgan fingerprint density at radius 1 is 0.422 bits per heavy atom. The van der Waals surface area contributed by atoms with Gasteiger partial charge in [-0.2, -0.15) is 0 Å². The normalized spacial score (nSPS) is 29.5. The highest BCUT2D eigenvalue weighted by atomic mass is 16.8. The topological polar surface area (TPSA) is 307 Å². The highest BCUT2D eigenvalue weighted by molar-refractivity contribution is 5.76. The molecule has 0 aromatic heterocycles. The number of ether oxygens (including phenoxy) is 6. The van der Waals surface area contributed by atoms with E-state index in [1.807, 2.05) is 6.08 Å². The van der Waals surface area contributed by atoms with Gasteiger partial charge in [0.05, 0.1) is 38.6 Å². The molecule has 3 aliphatic heterocycles. The Balaban J connectivity index is 1.46. The molecule has 0 aliphatic carbocycles. The molecule has 17 atom stereocenters. The summed E-state index contributed by atoms with van der Waals surface area (Å²) < 4.78 is 34.3. The van der Waals surface area contributed by atoms with Crippen LogP contribution in [0.5, 0.6) is 0 Å². The average Bonchev–Trinajstić information content (AvgIpc) is 3.15. The zero-order valence-electron chi connectivity index (χ0n) is 51.2. The van der Waals surface area contributed by atoms with Crippen molar-refractivity contribution in [1.29, 1.82) is 0 Å². The molecule has 17 unspecified atom stereocenters. The van der Waals surface area contributed by atoms with Gasteiger partial charge >= 0.3 is 0 Å². The minimum atomic E-state index is -1.98. The van der Waals surface area contributed by atoms with Crippen molar-refractivity contribution in [3.05, 3.63) is 24.3 Å². The van der Waals surface area contributed by atoms with Crippen LogP contribution >= 0.6 is 0 Å². The second kappa shape index (κ2) is 47.3. The molecule has 3 rings (SSSR count). The maximum absolute atomic E-state index is 13.3. The number of carbonyl (C=O) groups is 1. The fourth-order valence-corrected chi connectivity index (χ4v) is 11.3. The Morgan fingerprint density at radius 2 is 0.759 bits per heavy atom. The van der Waals surface area contributed by atoms with E-state index in [9.17, 15) is 61.0 Å². The third-order valence-electron chi connectivity index (χ3n) is 16.7. The molecule has 3 saturated heterocycles. The van der Waals surface area contributed by atoms with Crippen LogP contribution in [0.1, 0.15) is 245 Å². The van der Waals surface area contributed by atoms with E-state index in [0.717, 1.165) is 64.2 Å². The summed E-state index contributed by atoms with van der Waals surface area (Å²) in [6.07, 6.45) is 24.4. The molecule has 0 radical (unpaired) electrons. The molecule has 0 aromatic rings. The Labute approximate surface area is 498 Å². The van der Waals surface area contributed by atoms with Gasteiger partial charge in [-0.05, 0) is 44.9 Å². The van der Waals surface area contributed by atoms with Crippen molar-refractivity contribution < 1.29 is 89.4 Å². The molecule has 3 heterocycles. The Bertz CT molecular complexity index is 1610. The first kappa shape index (κ1) is 75.5. The number of unbranched alkanes of at least 4 members (excludes halogenated alkanes) is 32. The van der Waals surface area contributed by atoms with E-state index >= 15 is 0 Å². The summed E-state index contributed by atoms with van der Waals surface area (Å²) in [5, 5.41) is 120. The van der Waals surface area contributed by atoms with Gasteiger partial charge in [0.15, 0.2) is 18.9 Å². The maximum atomic E-state index is 13.3. The summed E-state index contributed by atoms with van der Waals surface area (Å²) in [6, 6.07) is -0.975. The van der Waals surface area contributed by atoms with E-state index in [2.05, 4.69) is 31.3 Å². The van der Waals surface area contributed by atoms with Crippen molar-refractivity contribution in [2.75, 3.05) is 26.4 Å². The van der Waals surface area contributed by atoms with Crippen LogP contribution in [0.15, 0.2) is 24.3 Å². The van der Waals surface area contributed by atoms with Crippen molar-refractivity contribution in [2.24, 2.45) is 0 Å². The predicted molar refractivity (Wildman–Crippen MR) is 319 cm³/mol. The van der Waals surface area contributed by atoms with Gasteiger partial charge in [-0.3, -0.25) is 4.79 Å². The molecule has 3 aliphatic rings. The third kappa shape index (κ3) is 30.4. The number of rotatable bonds is 50. The van der Waals surface area contributed by atoms with Gasteiger partial charge in [-0.15, -0.1) is 0 Å². The minimum absolute atomic E-state index is 0.235. The van der Waals surface area contributed by atoms with Crippen LogP contribution in [-0.4, -0.2) is 193 Å². The molecule has 3 fully saturated rings. The fraction of sp³-hybridized carbons (Fsp3) is 0.922. The van der Waals surface area contributed by atoms with Gasteiger partial charge in [-0.25, -0.2) is 0 Å². The van der Waals surface area contributed by atoms with Crippen molar-refractivity contribution >= 4 is 5.91 Å². The van der Waals surface area contributed by atoms with Crippen LogP contribution in [-0.2, 0) is 33.2 Å². The number of nitrogens with one attached hydrogen (secondary N) is 1. The van der Waals surface area contributed by atoms with Gasteiger partial charge in [0.1, 0.15) is 73.2 Å². The molecular formula is C64H119NO18. The standard InChI is InChI=1S/C64H119NO18/c1-3-5-7-9-11-13-15-17-19-20-21-22-23-24-25-26-28-29-31-33-35-37-39-41-48(69)47(65-52(70)42-40-38-36-34-32-30-27-18-16-14-12-10-8-6-4-2)46-78-62-58(76)55(73)60(50(44-67)80-62)83-64-59(77)56(74)61(51(45-68)81-64)82-63-57(75)54(72)53(71)49(43-66)79-63/h18,27,39,41,47-51,53-64,66-69,71-77H,3-17,19-26,28-38,40,42-46H2,1-2H3,(H,65,70)/b27-18-,41-39+. The number of aliphatic hydroxyl groups is 11. The number of carbonyl (C=O) groups excluding carboxylic acids is 1. The number of aliphatic hydroxyl groups excluding tert-OH is 11. The van der Waals surface area contributed by atoms with E-state index in [4.69, 9.17) is 28.4 Å². The zero-order chi connectivity index (χ0) is 60.5. The number of hydrogen-bond donors (Lipinski definition) is 12. The molecule has 0 saturated carbocycles. The smallest absolute Gasteiger partial charge is 0.220 e. The van der Waals surface area contributed by atoms with E-state index in [1.165, 1.54) is 154 Å². The van der Waals surface area contributed by atoms with Crippen LogP contribution in [0, 0.1) is 0 Å². The predicted octanol–water partition coefficient (Wildman–Crippen LogP) is 7.49. The molecule has 1 amide bonds. The maximum Gasteiger partial charge on any atom is 0.220 e. The molecule has 488 valence electrons. The first-order valence-electron chi connectivity index (χ1n) is 33.1. The van der Waals surface area contributed by atoms with Gasteiger partial charge in [0.25, 0.3) is 0 Å². The highest BCUT2D eigenvalue weighted by Crippen LogP contribution is 2.33. The molecule has 83 heavy (non-hydrogen) atoms. The SMILES string of the molecule is CCCCCCCC/C=C\CCCCCCCC(=O)NC(COC1OC(CO)C(OC2OC(CO)C(OC3OC(CO)C(O)C(O)C3O)C(O)C2O)C(O)C1O)C(O)/C=C/CCCCCCCCCCCCCCCCCCCCCCC. The summed E-state index contributed by atoms with van der Waals surface area (Å²) >= 11 is 0. The van der Waals surface area contributed by atoms with Gasteiger partial charge in [0, 0.05) is 6.42 Å². The first-order chi connectivity index (χ1) is 40.3. The minimum Gasteiger partial charge on any atom is -0.394 e. The van der Waals surface area contributed by atoms with Crippen LogP contribution in [0.3, 0.4) is 0 Å². The summed E-state index contributed by atoms with van der Waals surface area (Å²) in [7, 11) is 0. The number of hydrogen-bond acceptors (Lipinski definition) is 18. The average molecular weight is 1190 g/mol. The molecule has 0 spiro atoms. The van der Waals surface area contributed by atoms with Crippen LogP contribution in [0.2, 0.25) is 0 Å². The quantitative estimate of drug-likeness (QED) is 0.0207. The van der Waals surface area contributed by atoms with Gasteiger partial charge in [0.2, 0.25) is 5.91 Å². The zero-order valence-corrected chi connectivity index (χ0v) is 51.2. The summed E-state index contributed by atoms with van der Waals surface area (Å²) in [5.41, 5.74) is 0. The van der Waals surface area contributed by atoms with Crippen LogP contribution < -0.4 is 5.32 Å². The number of amides is 1. The molecule has 0 bridgehead atoms. The Kier molecular flexibility index (Phi) is 43.0. The third-order valence-corrected chi connectivity index (χ3v) is 16.7. The Hall–Kier alpha value is -1.73. The lowest BCUT2D eigenvalue weighted by Crippen LogP contribution is -2.66. The second-order valence-electron chi connectivity index (χ2n) is 23.9. The largest absolute Gasteiger partial charge is 0.394 e. The monoisotopic (exact) mass is 1190 g/mol. The molecule has 0 aromatic carbocycles. The van der Waals surface area contributed by atoms with Gasteiger partial charge < -0.3 is 89.9 Å². The van der Waals surface area contributed by atoms with Crippen LogP contribution in [0.4, 0.5) is 0 Å². The molecule has 19 heteroatoms. The summed E-state index contributed by atoms with van der Waals surface area (Å²) in [6.45, 7) is 1.73. The van der Waals surface area contributed by atoms with Gasteiger partial charge in [-0.1, -0.05) is 218 Å². The summed E-state index contributed by atoms with van der Waals surface area (Å²) in [4.78, 5) is 13.3. The number of allylic oxidation sites excluding steroid dienone is 3. The van der Waals surface area contributed by atoms with Crippen molar-refractivity contribution in [2.45, 2.75) is 349 Å². The highest BCUT2D eigenvalue weighted by Gasteiger charge is 2.53. The van der Waals surface area contributed by atoms with E-state index in [0.29, 0.717) is 6.42 Å². The van der Waals surface area contributed by atoms with Crippen molar-refractivity contribution in [3.63, 3.8) is 0 Å². The lowest BCUT2D eigenvalue weighted by molar-refractivity contribution is -0.379. The lowest BCUT2D eigenvalue weighted by atomic mass is 9.96. The molecule has 19 nitrogen and oxygen atoms in total. The van der Waals surface area contributed by atoms with E-state index in [-0.39, 0.29) is 18.9 Å². The summed E-state index contributed by atoms with van der Waals surface area (Å²) in [5.74, 6) is -0.282.